The minimum absolute atomic E-state index is 0.367. The fourth-order valence-corrected chi connectivity index (χ4v) is 2.54. The standard InChI is InChI=1S/C13H7ClN6S/c14-10-5-8(1-3-16-10)11-17-7-18-13(19-11)20-12-9(6-15)2-4-21-12/h1-5,7H,(H,17,18,19,20). The molecule has 0 atom stereocenters. The predicted octanol–water partition coefficient (Wildman–Crippen LogP) is 3.26. The second-order valence-electron chi connectivity index (χ2n) is 3.90. The monoisotopic (exact) mass is 314 g/mol. The van der Waals surface area contributed by atoms with Crippen LogP contribution in [0.25, 0.3) is 11.4 Å². The average molecular weight is 315 g/mol. The van der Waals surface area contributed by atoms with Crippen molar-refractivity contribution >= 4 is 33.9 Å². The van der Waals surface area contributed by atoms with Crippen LogP contribution in [0.15, 0.2) is 36.1 Å². The van der Waals surface area contributed by atoms with Crippen molar-refractivity contribution in [3.63, 3.8) is 0 Å². The summed E-state index contributed by atoms with van der Waals surface area (Å²) in [6, 6.07) is 7.27. The van der Waals surface area contributed by atoms with E-state index in [0.717, 1.165) is 5.56 Å². The van der Waals surface area contributed by atoms with Gasteiger partial charge in [0.15, 0.2) is 5.82 Å². The number of aromatic nitrogens is 4. The van der Waals surface area contributed by atoms with Crippen molar-refractivity contribution < 1.29 is 0 Å². The van der Waals surface area contributed by atoms with Gasteiger partial charge in [-0.3, -0.25) is 0 Å². The molecule has 3 aromatic heterocycles. The van der Waals surface area contributed by atoms with E-state index >= 15 is 0 Å². The van der Waals surface area contributed by atoms with Crippen LogP contribution >= 0.6 is 22.9 Å². The molecule has 1 N–H and O–H groups in total. The number of halogens is 1. The van der Waals surface area contributed by atoms with Gasteiger partial charge in [0.1, 0.15) is 22.6 Å². The van der Waals surface area contributed by atoms with Crippen molar-refractivity contribution in [3.8, 4) is 17.5 Å². The number of anilines is 2. The second kappa shape index (κ2) is 5.83. The van der Waals surface area contributed by atoms with E-state index in [1.807, 2.05) is 5.38 Å². The van der Waals surface area contributed by atoms with Crippen molar-refractivity contribution in [2.24, 2.45) is 0 Å². The summed E-state index contributed by atoms with van der Waals surface area (Å²) in [5, 5.41) is 14.9. The molecule has 3 heterocycles. The topological polar surface area (TPSA) is 87.4 Å². The van der Waals surface area contributed by atoms with E-state index < -0.39 is 0 Å². The Bertz CT molecular complexity index is 825. The second-order valence-corrected chi connectivity index (χ2v) is 5.20. The number of pyridine rings is 1. The molecule has 0 bridgehead atoms. The van der Waals surface area contributed by atoms with Gasteiger partial charge < -0.3 is 5.32 Å². The maximum absolute atomic E-state index is 8.99. The lowest BCUT2D eigenvalue weighted by Gasteiger charge is -2.04. The van der Waals surface area contributed by atoms with Gasteiger partial charge in [0.05, 0.1) is 5.56 Å². The van der Waals surface area contributed by atoms with E-state index in [1.54, 1.807) is 24.4 Å². The Morgan fingerprint density at radius 2 is 2.14 bits per heavy atom. The smallest absolute Gasteiger partial charge is 0.231 e. The number of nitrogens with zero attached hydrogens (tertiary/aromatic N) is 5. The molecule has 3 aromatic rings. The van der Waals surface area contributed by atoms with Gasteiger partial charge in [0, 0.05) is 11.8 Å². The van der Waals surface area contributed by atoms with Crippen molar-refractivity contribution in [1.29, 1.82) is 5.26 Å². The van der Waals surface area contributed by atoms with E-state index in [-0.39, 0.29) is 0 Å². The molecule has 0 amide bonds. The zero-order valence-corrected chi connectivity index (χ0v) is 12.1. The summed E-state index contributed by atoms with van der Waals surface area (Å²) in [5.41, 5.74) is 1.29. The zero-order valence-electron chi connectivity index (χ0n) is 10.5. The lowest BCUT2D eigenvalue weighted by Crippen LogP contribution is -1.99. The summed E-state index contributed by atoms with van der Waals surface area (Å²) in [4.78, 5) is 16.4. The quantitative estimate of drug-likeness (QED) is 0.746. The first kappa shape index (κ1) is 13.4. The largest absolute Gasteiger partial charge is 0.315 e. The van der Waals surface area contributed by atoms with Gasteiger partial charge in [-0.15, -0.1) is 11.3 Å². The first-order valence-electron chi connectivity index (χ1n) is 5.82. The number of rotatable bonds is 3. The molecular formula is C13H7ClN6S. The third-order valence-corrected chi connectivity index (χ3v) is 3.60. The molecule has 0 radical (unpaired) electrons. The Morgan fingerprint density at radius 1 is 1.24 bits per heavy atom. The minimum atomic E-state index is 0.367. The highest BCUT2D eigenvalue weighted by Crippen LogP contribution is 2.25. The Morgan fingerprint density at radius 3 is 2.95 bits per heavy atom. The number of hydrogen-bond acceptors (Lipinski definition) is 7. The normalized spacial score (nSPS) is 10.1. The molecule has 0 aliphatic heterocycles. The summed E-state index contributed by atoms with van der Waals surface area (Å²) in [6.45, 7) is 0. The summed E-state index contributed by atoms with van der Waals surface area (Å²) < 4.78 is 0. The lowest BCUT2D eigenvalue weighted by molar-refractivity contribution is 1.06. The van der Waals surface area contributed by atoms with E-state index in [9.17, 15) is 0 Å². The third kappa shape index (κ3) is 2.97. The van der Waals surface area contributed by atoms with Crippen LogP contribution in [0, 0.1) is 11.3 Å². The molecule has 0 aliphatic carbocycles. The van der Waals surface area contributed by atoms with Crippen molar-refractivity contribution in [2.75, 3.05) is 5.32 Å². The summed E-state index contributed by atoms with van der Waals surface area (Å²) in [7, 11) is 0. The highest BCUT2D eigenvalue weighted by molar-refractivity contribution is 7.14. The van der Waals surface area contributed by atoms with Gasteiger partial charge in [-0.25, -0.2) is 15.0 Å². The summed E-state index contributed by atoms with van der Waals surface area (Å²) in [5.74, 6) is 0.846. The van der Waals surface area contributed by atoms with Crippen LogP contribution in [0.2, 0.25) is 5.15 Å². The van der Waals surface area contributed by atoms with Crippen LogP contribution in [0.1, 0.15) is 5.56 Å². The van der Waals surface area contributed by atoms with Gasteiger partial charge in [0.25, 0.3) is 0 Å². The number of nitrogens with one attached hydrogen (secondary N) is 1. The molecule has 0 aliphatic rings. The Kier molecular flexibility index (Phi) is 3.73. The molecule has 0 saturated heterocycles. The zero-order chi connectivity index (χ0) is 14.7. The highest BCUT2D eigenvalue weighted by atomic mass is 35.5. The van der Waals surface area contributed by atoms with Crippen LogP contribution in [0.4, 0.5) is 10.9 Å². The maximum Gasteiger partial charge on any atom is 0.231 e. The SMILES string of the molecule is N#Cc1ccsc1Nc1ncnc(-c2ccnc(Cl)c2)n1. The highest BCUT2D eigenvalue weighted by Gasteiger charge is 2.08. The summed E-state index contributed by atoms with van der Waals surface area (Å²) in [6.07, 6.45) is 2.99. The Labute approximate surface area is 129 Å². The van der Waals surface area contributed by atoms with E-state index in [1.165, 1.54) is 17.7 Å². The molecular weight excluding hydrogens is 308 g/mol. The molecule has 8 heteroatoms. The van der Waals surface area contributed by atoms with Crippen LogP contribution in [0.5, 0.6) is 0 Å². The molecule has 0 spiro atoms. The van der Waals surface area contributed by atoms with Gasteiger partial charge in [-0.05, 0) is 23.6 Å². The van der Waals surface area contributed by atoms with E-state index in [0.29, 0.717) is 27.5 Å². The molecule has 102 valence electrons. The molecule has 6 nitrogen and oxygen atoms in total. The van der Waals surface area contributed by atoms with Crippen molar-refractivity contribution in [1.82, 2.24) is 19.9 Å². The van der Waals surface area contributed by atoms with Crippen LogP contribution in [0.3, 0.4) is 0 Å². The van der Waals surface area contributed by atoms with Crippen molar-refractivity contribution in [2.45, 2.75) is 0 Å². The average Bonchev–Trinajstić information content (AvgIpc) is 2.95. The Balaban J connectivity index is 1.92. The lowest BCUT2D eigenvalue weighted by atomic mass is 10.2. The van der Waals surface area contributed by atoms with E-state index in [4.69, 9.17) is 16.9 Å². The number of thiophene rings is 1. The first-order valence-corrected chi connectivity index (χ1v) is 7.07. The molecule has 0 aromatic carbocycles. The van der Waals surface area contributed by atoms with Gasteiger partial charge in [0.2, 0.25) is 5.95 Å². The van der Waals surface area contributed by atoms with Crippen LogP contribution in [-0.4, -0.2) is 19.9 Å². The van der Waals surface area contributed by atoms with Crippen LogP contribution < -0.4 is 5.32 Å². The third-order valence-electron chi connectivity index (χ3n) is 2.57. The molecule has 21 heavy (non-hydrogen) atoms. The molecule has 0 unspecified atom stereocenters. The Hall–Kier alpha value is -2.56. The number of hydrogen-bond donors (Lipinski definition) is 1. The summed E-state index contributed by atoms with van der Waals surface area (Å²) >= 11 is 7.26. The molecule has 0 fully saturated rings. The van der Waals surface area contributed by atoms with E-state index in [2.05, 4.69) is 31.3 Å². The fraction of sp³-hybridized carbons (Fsp3) is 0. The van der Waals surface area contributed by atoms with Gasteiger partial charge in [-0.1, -0.05) is 11.6 Å². The van der Waals surface area contributed by atoms with Crippen LogP contribution in [-0.2, 0) is 0 Å². The van der Waals surface area contributed by atoms with Gasteiger partial charge in [-0.2, -0.15) is 10.2 Å². The molecule has 3 rings (SSSR count). The molecule has 0 saturated carbocycles. The fourth-order valence-electron chi connectivity index (χ4n) is 1.63. The number of nitriles is 1. The maximum atomic E-state index is 8.99. The first-order chi connectivity index (χ1) is 10.3. The van der Waals surface area contributed by atoms with Crippen molar-refractivity contribution in [3.05, 3.63) is 46.8 Å². The predicted molar refractivity (Wildman–Crippen MR) is 80.4 cm³/mol. The van der Waals surface area contributed by atoms with Gasteiger partial charge >= 0.3 is 0 Å². The minimum Gasteiger partial charge on any atom is -0.315 e.